The van der Waals surface area contributed by atoms with Crippen molar-refractivity contribution in [3.8, 4) is 0 Å². The van der Waals surface area contributed by atoms with E-state index in [1.54, 1.807) is 0 Å². The minimum Gasteiger partial charge on any atom is -0.396 e. The normalized spacial score (nSPS) is 13.2. The molecular weight excluding hydrogens is 200 g/mol. The Morgan fingerprint density at radius 2 is 1.69 bits per heavy atom. The van der Waals surface area contributed by atoms with Crippen molar-refractivity contribution in [2.75, 3.05) is 25.8 Å². The predicted molar refractivity (Wildman–Crippen MR) is 44.2 cm³/mol. The summed E-state index contributed by atoms with van der Waals surface area (Å²) >= 11 is 0. The molecule has 0 aliphatic rings. The molecule has 0 aromatic heterocycles. The molecule has 0 radical (unpaired) electrons. The molecule has 0 aromatic rings. The Hall–Kier alpha value is -0.210. The van der Waals surface area contributed by atoms with E-state index in [1.165, 1.54) is 6.92 Å². The number of aliphatic hydroxyl groups excluding tert-OH is 3. The quantitative estimate of drug-likeness (QED) is 0.358. The lowest BCUT2D eigenvalue weighted by atomic mass is 9.96. The molecule has 80 valence electrons. The Labute approximate surface area is 76.9 Å². The molecule has 0 bridgehead atoms. The summed E-state index contributed by atoms with van der Waals surface area (Å²) in [6, 6.07) is 0. The number of rotatable bonds is 6. The summed E-state index contributed by atoms with van der Waals surface area (Å²) in [4.78, 5) is 0. The van der Waals surface area contributed by atoms with Gasteiger partial charge in [-0.1, -0.05) is 6.92 Å². The van der Waals surface area contributed by atoms with Crippen LogP contribution in [-0.4, -0.2) is 49.5 Å². The summed E-state index contributed by atoms with van der Waals surface area (Å²) < 4.78 is 26.0. The molecule has 13 heavy (non-hydrogen) atoms. The smallest absolute Gasteiger partial charge is 0.270 e. The summed E-state index contributed by atoms with van der Waals surface area (Å²) in [5, 5.41) is 25.8. The highest BCUT2D eigenvalue weighted by atomic mass is 32.2. The van der Waals surface area contributed by atoms with Crippen molar-refractivity contribution >= 4 is 10.1 Å². The average Bonchev–Trinajstić information content (AvgIpc) is 2.03. The first-order valence-electron chi connectivity index (χ1n) is 3.59. The topological polar surface area (TPSA) is 104 Å². The van der Waals surface area contributed by atoms with Gasteiger partial charge in [0, 0.05) is 5.41 Å². The fourth-order valence-electron chi connectivity index (χ4n) is 0.690. The first-order valence-corrected chi connectivity index (χ1v) is 5.16. The van der Waals surface area contributed by atoms with Crippen molar-refractivity contribution in [3.63, 3.8) is 0 Å². The van der Waals surface area contributed by atoms with Crippen LogP contribution in [0, 0.1) is 5.41 Å². The van der Waals surface area contributed by atoms with E-state index in [4.69, 9.17) is 15.3 Å². The van der Waals surface area contributed by atoms with Gasteiger partial charge in [-0.3, -0.25) is 0 Å². The van der Waals surface area contributed by atoms with Crippen LogP contribution >= 0.6 is 0 Å². The number of aliphatic hydroxyl groups is 3. The van der Waals surface area contributed by atoms with Crippen LogP contribution in [0.25, 0.3) is 0 Å². The highest BCUT2D eigenvalue weighted by Gasteiger charge is 2.30. The summed E-state index contributed by atoms with van der Waals surface area (Å²) in [6.45, 7) is -0.490. The molecule has 0 amide bonds. The van der Waals surface area contributed by atoms with Crippen molar-refractivity contribution in [1.82, 2.24) is 0 Å². The largest absolute Gasteiger partial charge is 0.396 e. The zero-order valence-electron chi connectivity index (χ0n) is 7.30. The van der Waals surface area contributed by atoms with E-state index >= 15 is 0 Å². The van der Waals surface area contributed by atoms with Gasteiger partial charge in [0.05, 0.1) is 19.0 Å². The monoisotopic (exact) mass is 214 g/mol. The molecule has 3 N–H and O–H groups in total. The lowest BCUT2D eigenvalue weighted by Crippen LogP contribution is -2.35. The number of hydrogen-bond donors (Lipinski definition) is 3. The minimum absolute atomic E-state index is 0.475. The van der Waals surface area contributed by atoms with Crippen LogP contribution in [0.15, 0.2) is 0 Å². The molecule has 0 aromatic carbocycles. The van der Waals surface area contributed by atoms with Crippen molar-refractivity contribution in [2.45, 2.75) is 6.92 Å². The molecule has 0 saturated heterocycles. The maximum Gasteiger partial charge on any atom is 0.270 e. The van der Waals surface area contributed by atoms with Gasteiger partial charge in [0.1, 0.15) is 0 Å². The van der Waals surface area contributed by atoms with Crippen LogP contribution in [0.2, 0.25) is 0 Å². The van der Waals surface area contributed by atoms with Gasteiger partial charge in [-0.05, 0) is 0 Å². The van der Waals surface area contributed by atoms with Crippen LogP contribution in [0.4, 0.5) is 0 Å². The van der Waals surface area contributed by atoms with Crippen LogP contribution in [-0.2, 0) is 14.3 Å². The molecule has 0 heterocycles. The molecular formula is C6H14O6S. The van der Waals surface area contributed by atoms with Gasteiger partial charge in [-0.25, -0.2) is 4.18 Å². The van der Waals surface area contributed by atoms with Crippen LogP contribution < -0.4 is 0 Å². The van der Waals surface area contributed by atoms with Gasteiger partial charge in [0.15, 0.2) is 6.79 Å². The Morgan fingerprint density at radius 3 is 2.00 bits per heavy atom. The van der Waals surface area contributed by atoms with Crippen molar-refractivity contribution in [2.24, 2.45) is 5.41 Å². The van der Waals surface area contributed by atoms with E-state index in [0.29, 0.717) is 0 Å². The van der Waals surface area contributed by atoms with Gasteiger partial charge < -0.3 is 15.3 Å². The van der Waals surface area contributed by atoms with Gasteiger partial charge in [0.25, 0.3) is 10.1 Å². The Kier molecular flexibility index (Phi) is 4.79. The van der Waals surface area contributed by atoms with E-state index in [1.807, 2.05) is 0 Å². The maximum absolute atomic E-state index is 11.0. The average molecular weight is 214 g/mol. The van der Waals surface area contributed by atoms with Crippen molar-refractivity contribution in [1.29, 1.82) is 0 Å². The highest BCUT2D eigenvalue weighted by molar-refractivity contribution is 7.86. The lowest BCUT2D eigenvalue weighted by Gasteiger charge is -2.23. The third-order valence-electron chi connectivity index (χ3n) is 1.52. The van der Waals surface area contributed by atoms with Gasteiger partial charge in [-0.2, -0.15) is 8.42 Å². The second-order valence-electron chi connectivity index (χ2n) is 3.08. The molecule has 0 fully saturated rings. The maximum atomic E-state index is 11.0. The standard InChI is InChI=1S/C6H14O6S/c1-6(2-7,3-8)4-13(10,11)12-5-9/h7-9H,2-5H2,1H3. The first-order chi connectivity index (χ1) is 5.89. The molecule has 7 heteroatoms. The highest BCUT2D eigenvalue weighted by Crippen LogP contribution is 2.17. The number of hydrogen-bond acceptors (Lipinski definition) is 6. The fourth-order valence-corrected chi connectivity index (χ4v) is 1.97. The summed E-state index contributed by atoms with van der Waals surface area (Å²) in [6.07, 6.45) is 0. The van der Waals surface area contributed by atoms with Crippen LogP contribution in [0.3, 0.4) is 0 Å². The molecule has 0 rings (SSSR count). The van der Waals surface area contributed by atoms with Crippen molar-refractivity contribution in [3.05, 3.63) is 0 Å². The Bertz CT molecular complexity index is 230. The molecule has 0 aliphatic heterocycles. The van der Waals surface area contributed by atoms with Crippen molar-refractivity contribution < 1.29 is 27.9 Å². The summed E-state index contributed by atoms with van der Waals surface area (Å²) in [7, 11) is -3.88. The third-order valence-corrected chi connectivity index (χ3v) is 3.04. The van der Waals surface area contributed by atoms with E-state index in [9.17, 15) is 8.42 Å². The third kappa shape index (κ3) is 4.53. The SMILES string of the molecule is CC(CO)(CO)CS(=O)(=O)OCO. The van der Waals surface area contributed by atoms with E-state index in [0.717, 1.165) is 0 Å². The Balaban J connectivity index is 4.40. The minimum atomic E-state index is -3.88. The van der Waals surface area contributed by atoms with Crippen LogP contribution in [0.5, 0.6) is 0 Å². The zero-order chi connectivity index (χ0) is 10.5. The van der Waals surface area contributed by atoms with Gasteiger partial charge in [-0.15, -0.1) is 0 Å². The predicted octanol–water partition coefficient (Wildman–Crippen LogP) is -1.73. The lowest BCUT2D eigenvalue weighted by molar-refractivity contribution is 0.0760. The molecule has 0 spiro atoms. The van der Waals surface area contributed by atoms with Crippen LogP contribution in [0.1, 0.15) is 6.92 Å². The van der Waals surface area contributed by atoms with E-state index in [2.05, 4.69) is 4.18 Å². The van der Waals surface area contributed by atoms with E-state index < -0.39 is 41.3 Å². The molecule has 0 atom stereocenters. The molecule has 6 nitrogen and oxygen atoms in total. The van der Waals surface area contributed by atoms with E-state index in [-0.39, 0.29) is 0 Å². The molecule has 0 aliphatic carbocycles. The second-order valence-corrected chi connectivity index (χ2v) is 4.72. The second kappa shape index (κ2) is 4.87. The summed E-state index contributed by atoms with van der Waals surface area (Å²) in [5.74, 6) is -0.534. The zero-order valence-corrected chi connectivity index (χ0v) is 8.12. The summed E-state index contributed by atoms with van der Waals surface area (Å²) in [5.41, 5.74) is -1.14. The molecule has 0 unspecified atom stereocenters. The Morgan fingerprint density at radius 1 is 1.23 bits per heavy atom. The van der Waals surface area contributed by atoms with Gasteiger partial charge >= 0.3 is 0 Å². The molecule has 0 saturated carbocycles. The first kappa shape index (κ1) is 12.8. The fraction of sp³-hybridized carbons (Fsp3) is 1.00. The van der Waals surface area contributed by atoms with Gasteiger partial charge in [0.2, 0.25) is 0 Å².